The molecule has 0 bridgehead atoms. The van der Waals surface area contributed by atoms with E-state index in [1.807, 2.05) is 0 Å². The Labute approximate surface area is 144 Å². The maximum atomic E-state index is 12.2. The van der Waals surface area contributed by atoms with Crippen molar-refractivity contribution in [3.8, 4) is 11.8 Å². The molecule has 1 unspecified atom stereocenters. The number of nitrogens with one attached hydrogen (secondary N) is 1. The standard InChI is InChI=1S/C14H15F3N6O3/c15-14(16,17)2-1-8(24)6-3-7(11(26)10(6)25)23-5-21-9-12(22-18)19-4-20-13(9)23/h4-8,10-11,24-26H,3,18H2,(H,19,20,22)/t6-,7-,8?,10-,11+/m1/s1. The van der Waals surface area contributed by atoms with Gasteiger partial charge < -0.3 is 25.3 Å². The molecule has 0 amide bonds. The zero-order valence-corrected chi connectivity index (χ0v) is 13.1. The van der Waals surface area contributed by atoms with Gasteiger partial charge in [0.1, 0.15) is 18.5 Å². The predicted octanol–water partition coefficient (Wildman–Crippen LogP) is -0.679. The van der Waals surface area contributed by atoms with Crippen LogP contribution in [0.25, 0.3) is 11.2 Å². The van der Waals surface area contributed by atoms with Gasteiger partial charge in [-0.2, -0.15) is 13.2 Å². The lowest BCUT2D eigenvalue weighted by molar-refractivity contribution is -0.0703. The number of nitrogen functional groups attached to an aromatic ring is 1. The van der Waals surface area contributed by atoms with Crippen LogP contribution in [-0.4, -0.2) is 59.3 Å². The fraction of sp³-hybridized carbons (Fsp3) is 0.500. The second kappa shape index (κ2) is 6.69. The van der Waals surface area contributed by atoms with Crippen molar-refractivity contribution in [1.29, 1.82) is 0 Å². The van der Waals surface area contributed by atoms with Gasteiger partial charge in [-0.15, -0.1) is 0 Å². The van der Waals surface area contributed by atoms with Gasteiger partial charge in [0.15, 0.2) is 17.0 Å². The van der Waals surface area contributed by atoms with Gasteiger partial charge in [0.05, 0.1) is 18.5 Å². The maximum Gasteiger partial charge on any atom is 0.457 e. The maximum absolute atomic E-state index is 12.2. The van der Waals surface area contributed by atoms with Crippen LogP contribution in [0.5, 0.6) is 0 Å². The zero-order chi connectivity index (χ0) is 19.1. The molecule has 5 atom stereocenters. The number of aliphatic hydroxyl groups is 3. The third kappa shape index (κ3) is 3.29. The summed E-state index contributed by atoms with van der Waals surface area (Å²) in [5.74, 6) is 7.15. The molecule has 2 aromatic heterocycles. The van der Waals surface area contributed by atoms with Gasteiger partial charge in [-0.05, 0) is 6.42 Å². The van der Waals surface area contributed by atoms with Crippen molar-refractivity contribution in [3.63, 3.8) is 0 Å². The molecule has 0 saturated heterocycles. The monoisotopic (exact) mass is 372 g/mol. The normalized spacial score (nSPS) is 27.2. The molecule has 1 aliphatic rings. The number of hydrogen-bond acceptors (Lipinski definition) is 8. The number of halogens is 3. The highest BCUT2D eigenvalue weighted by molar-refractivity contribution is 5.82. The van der Waals surface area contributed by atoms with E-state index in [-0.39, 0.29) is 12.2 Å². The second-order valence-corrected chi connectivity index (χ2v) is 5.85. The molecule has 0 aliphatic heterocycles. The third-order valence-corrected chi connectivity index (χ3v) is 4.32. The molecule has 1 fully saturated rings. The second-order valence-electron chi connectivity index (χ2n) is 5.85. The van der Waals surface area contributed by atoms with Crippen molar-refractivity contribution in [3.05, 3.63) is 12.7 Å². The van der Waals surface area contributed by atoms with E-state index in [9.17, 15) is 28.5 Å². The Morgan fingerprint density at radius 1 is 1.27 bits per heavy atom. The molecule has 1 saturated carbocycles. The van der Waals surface area contributed by atoms with Crippen molar-refractivity contribution in [1.82, 2.24) is 19.5 Å². The fourth-order valence-corrected chi connectivity index (χ4v) is 3.10. The molecule has 2 aromatic rings. The van der Waals surface area contributed by atoms with Crippen LogP contribution >= 0.6 is 0 Å². The van der Waals surface area contributed by atoms with E-state index in [0.717, 1.165) is 5.92 Å². The SMILES string of the molecule is NNc1ncnc2c1ncn2[C@@H]1C[C@H](C(O)C#CC(F)(F)F)[C@@H](O)[C@H]1O. The van der Waals surface area contributed by atoms with E-state index in [1.54, 1.807) is 5.92 Å². The van der Waals surface area contributed by atoms with Gasteiger partial charge in [-0.1, -0.05) is 5.92 Å². The first-order valence-corrected chi connectivity index (χ1v) is 7.50. The molecule has 6 N–H and O–H groups in total. The summed E-state index contributed by atoms with van der Waals surface area (Å²) in [7, 11) is 0. The Balaban J connectivity index is 1.90. The number of aliphatic hydroxyl groups excluding tert-OH is 3. The summed E-state index contributed by atoms with van der Waals surface area (Å²) in [6.45, 7) is 0. The Morgan fingerprint density at radius 2 is 2.00 bits per heavy atom. The number of rotatable bonds is 3. The Bertz CT molecular complexity index is 861. The van der Waals surface area contributed by atoms with E-state index < -0.39 is 36.4 Å². The minimum Gasteiger partial charge on any atom is -0.390 e. The minimum absolute atomic E-state index is 0.0309. The van der Waals surface area contributed by atoms with Crippen LogP contribution in [0.4, 0.5) is 19.0 Å². The van der Waals surface area contributed by atoms with Crippen LogP contribution in [0.2, 0.25) is 0 Å². The first-order valence-electron chi connectivity index (χ1n) is 7.50. The fourth-order valence-electron chi connectivity index (χ4n) is 3.10. The summed E-state index contributed by atoms with van der Waals surface area (Å²) in [6.07, 6.45) is -6.81. The summed E-state index contributed by atoms with van der Waals surface area (Å²) in [6, 6.07) is -0.775. The summed E-state index contributed by atoms with van der Waals surface area (Å²) in [4.78, 5) is 12.0. The molecule has 0 aromatic carbocycles. The number of imidazole rings is 1. The van der Waals surface area contributed by atoms with Crippen LogP contribution in [0, 0.1) is 17.8 Å². The van der Waals surface area contributed by atoms with Gasteiger partial charge in [0, 0.05) is 11.8 Å². The topological polar surface area (TPSA) is 142 Å². The molecule has 3 rings (SSSR count). The molecule has 0 spiro atoms. The molecule has 0 radical (unpaired) electrons. The lowest BCUT2D eigenvalue weighted by Crippen LogP contribution is -2.33. The van der Waals surface area contributed by atoms with Crippen molar-refractivity contribution in [2.75, 3.05) is 5.43 Å². The number of nitrogens with zero attached hydrogens (tertiary/aromatic N) is 4. The van der Waals surface area contributed by atoms with E-state index in [2.05, 4.69) is 20.4 Å². The van der Waals surface area contributed by atoms with Crippen LogP contribution in [0.1, 0.15) is 12.5 Å². The van der Waals surface area contributed by atoms with Gasteiger partial charge in [-0.3, -0.25) is 0 Å². The van der Waals surface area contributed by atoms with E-state index in [1.165, 1.54) is 17.2 Å². The van der Waals surface area contributed by atoms with E-state index in [0.29, 0.717) is 11.2 Å². The van der Waals surface area contributed by atoms with Gasteiger partial charge in [-0.25, -0.2) is 20.8 Å². The van der Waals surface area contributed by atoms with Crippen molar-refractivity contribution < 1.29 is 28.5 Å². The molecular weight excluding hydrogens is 357 g/mol. The zero-order valence-electron chi connectivity index (χ0n) is 13.1. The van der Waals surface area contributed by atoms with Gasteiger partial charge in [0.2, 0.25) is 0 Å². The number of alkyl halides is 3. The largest absolute Gasteiger partial charge is 0.457 e. The molecule has 12 heteroatoms. The van der Waals surface area contributed by atoms with Crippen LogP contribution in [-0.2, 0) is 0 Å². The highest BCUT2D eigenvalue weighted by Gasteiger charge is 2.46. The van der Waals surface area contributed by atoms with Gasteiger partial charge in [0.25, 0.3) is 0 Å². The lowest BCUT2D eigenvalue weighted by atomic mass is 9.98. The first kappa shape index (κ1) is 18.3. The smallest absolute Gasteiger partial charge is 0.390 e. The number of anilines is 1. The number of hydrazine groups is 1. The van der Waals surface area contributed by atoms with E-state index in [4.69, 9.17) is 5.84 Å². The van der Waals surface area contributed by atoms with Crippen molar-refractivity contribution in [2.45, 2.75) is 37.0 Å². The number of aromatic nitrogens is 4. The van der Waals surface area contributed by atoms with Crippen LogP contribution in [0.3, 0.4) is 0 Å². The molecule has 2 heterocycles. The van der Waals surface area contributed by atoms with Crippen molar-refractivity contribution >= 4 is 17.0 Å². The Kier molecular flexibility index (Phi) is 4.72. The average molecular weight is 372 g/mol. The summed E-state index contributed by atoms with van der Waals surface area (Å²) < 4.78 is 38.0. The Morgan fingerprint density at radius 3 is 2.65 bits per heavy atom. The van der Waals surface area contributed by atoms with Gasteiger partial charge >= 0.3 is 6.18 Å². The highest BCUT2D eigenvalue weighted by atomic mass is 19.4. The molecule has 1 aliphatic carbocycles. The van der Waals surface area contributed by atoms with Crippen LogP contribution in [0.15, 0.2) is 12.7 Å². The first-order chi connectivity index (χ1) is 12.2. The lowest BCUT2D eigenvalue weighted by Gasteiger charge is -2.18. The van der Waals surface area contributed by atoms with E-state index >= 15 is 0 Å². The molecule has 9 nitrogen and oxygen atoms in total. The summed E-state index contributed by atoms with van der Waals surface area (Å²) in [5, 5.41) is 30.3. The number of hydrogen-bond donors (Lipinski definition) is 5. The predicted molar refractivity (Wildman–Crippen MR) is 82.1 cm³/mol. The Hall–Kier alpha value is -2.46. The third-order valence-electron chi connectivity index (χ3n) is 4.32. The van der Waals surface area contributed by atoms with Crippen LogP contribution < -0.4 is 11.3 Å². The molecule has 140 valence electrons. The minimum atomic E-state index is -4.76. The number of fused-ring (bicyclic) bond motifs is 1. The average Bonchev–Trinajstić information content (AvgIpc) is 3.14. The quantitative estimate of drug-likeness (QED) is 0.271. The van der Waals surface area contributed by atoms with Crippen molar-refractivity contribution in [2.24, 2.45) is 11.8 Å². The molecule has 26 heavy (non-hydrogen) atoms. The molecular formula is C14H15F3N6O3. The summed E-state index contributed by atoms with van der Waals surface area (Å²) >= 11 is 0. The summed E-state index contributed by atoms with van der Waals surface area (Å²) in [5.41, 5.74) is 2.97. The number of nitrogens with two attached hydrogens (primary N) is 1. The highest BCUT2D eigenvalue weighted by Crippen LogP contribution is 2.38.